The third-order valence-electron chi connectivity index (χ3n) is 5.08. The lowest BCUT2D eigenvalue weighted by Gasteiger charge is -2.43. The molecule has 1 heterocycles. The zero-order valence-electron chi connectivity index (χ0n) is 14.4. The Morgan fingerprint density at radius 3 is 2.56 bits per heavy atom. The summed E-state index contributed by atoms with van der Waals surface area (Å²) >= 11 is 0. The third-order valence-corrected chi connectivity index (χ3v) is 5.08. The topological polar surface area (TPSA) is 30.0 Å². The summed E-state index contributed by atoms with van der Waals surface area (Å²) in [7, 11) is 0. The van der Waals surface area contributed by atoms with E-state index in [4.69, 9.17) is 0 Å². The highest BCUT2D eigenvalue weighted by Crippen LogP contribution is 2.51. The first-order chi connectivity index (χ1) is 11.5. The molecule has 0 aliphatic heterocycles. The van der Waals surface area contributed by atoms with Crippen molar-refractivity contribution >= 4 is 16.7 Å². The van der Waals surface area contributed by atoms with Crippen LogP contribution in [0, 0.1) is 10.8 Å². The van der Waals surface area contributed by atoms with Crippen molar-refractivity contribution < 1.29 is 18.0 Å². The number of nitrogens with zero attached hydrogens (tertiary/aromatic N) is 1. The van der Waals surface area contributed by atoms with E-state index in [-0.39, 0.29) is 12.3 Å². The monoisotopic (exact) mass is 347 g/mol. The maximum absolute atomic E-state index is 12.9. The number of pyridine rings is 1. The van der Waals surface area contributed by atoms with Crippen molar-refractivity contribution in [1.29, 1.82) is 0 Å². The molecular weight excluding hydrogens is 327 g/mol. The molecule has 2 unspecified atom stereocenters. The second kappa shape index (κ2) is 5.68. The van der Waals surface area contributed by atoms with Crippen LogP contribution in [0.15, 0.2) is 48.7 Å². The smallest absolute Gasteiger partial charge is 0.289 e. The lowest BCUT2D eigenvalue weighted by molar-refractivity contribution is -0.180. The Kier molecular flexibility index (Phi) is 4.01. The van der Waals surface area contributed by atoms with Gasteiger partial charge in [0.2, 0.25) is 5.78 Å². The second-order valence-corrected chi connectivity index (χ2v) is 7.70. The Morgan fingerprint density at radius 1 is 1.20 bits per heavy atom. The van der Waals surface area contributed by atoms with E-state index in [1.54, 1.807) is 12.3 Å². The number of alkyl halides is 3. The first-order valence-electron chi connectivity index (χ1n) is 8.19. The maximum Gasteiger partial charge on any atom is 0.450 e. The standard InChI is InChI=1S/C20H20F3NO/c1-18(2)12-19(3,17(25)20(21,22)23)9-8-15(18)13-6-7-16-14(11-13)5-4-10-24-16/h4-11,15H,12H2,1-3H3. The largest absolute Gasteiger partial charge is 0.450 e. The highest BCUT2D eigenvalue weighted by molar-refractivity contribution is 5.91. The number of carbonyl (C=O) groups is 1. The van der Waals surface area contributed by atoms with Crippen molar-refractivity contribution in [2.45, 2.75) is 39.3 Å². The Balaban J connectivity index is 2.00. The number of carbonyl (C=O) groups excluding carboxylic acids is 1. The van der Waals surface area contributed by atoms with Crippen molar-refractivity contribution in [3.63, 3.8) is 0 Å². The van der Waals surface area contributed by atoms with Crippen LogP contribution in [0.2, 0.25) is 0 Å². The first kappa shape index (κ1) is 17.6. The molecule has 0 amide bonds. The van der Waals surface area contributed by atoms with Crippen LogP contribution in [0.25, 0.3) is 10.9 Å². The molecule has 2 aromatic rings. The maximum atomic E-state index is 12.9. The van der Waals surface area contributed by atoms with Gasteiger partial charge in [-0.15, -0.1) is 0 Å². The number of hydrogen-bond donors (Lipinski definition) is 0. The predicted octanol–water partition coefficient (Wildman–Crippen LogP) is 5.44. The van der Waals surface area contributed by atoms with Gasteiger partial charge in [-0.25, -0.2) is 0 Å². The van der Waals surface area contributed by atoms with Crippen LogP contribution < -0.4 is 0 Å². The summed E-state index contributed by atoms with van der Waals surface area (Å²) in [4.78, 5) is 16.2. The van der Waals surface area contributed by atoms with E-state index in [0.717, 1.165) is 16.5 Å². The first-order valence-corrected chi connectivity index (χ1v) is 8.19. The molecule has 0 N–H and O–H groups in total. The van der Waals surface area contributed by atoms with Crippen LogP contribution >= 0.6 is 0 Å². The highest BCUT2D eigenvalue weighted by atomic mass is 19.4. The SMILES string of the molecule is CC1(C(=O)C(F)(F)F)C=CC(c2ccc3ncccc3c2)C(C)(C)C1. The zero-order chi connectivity index (χ0) is 18.5. The van der Waals surface area contributed by atoms with Gasteiger partial charge in [0.05, 0.1) is 10.9 Å². The van der Waals surface area contributed by atoms with Gasteiger partial charge in [0.25, 0.3) is 0 Å². The molecule has 0 bridgehead atoms. The molecule has 0 saturated carbocycles. The number of aromatic nitrogens is 1. The van der Waals surface area contributed by atoms with Gasteiger partial charge in [-0.2, -0.15) is 13.2 Å². The van der Waals surface area contributed by atoms with Crippen molar-refractivity contribution in [3.8, 4) is 0 Å². The van der Waals surface area contributed by atoms with Gasteiger partial charge in [0.1, 0.15) is 0 Å². The minimum Gasteiger partial charge on any atom is -0.289 e. The molecule has 1 aromatic heterocycles. The Morgan fingerprint density at radius 2 is 1.92 bits per heavy atom. The molecule has 25 heavy (non-hydrogen) atoms. The summed E-state index contributed by atoms with van der Waals surface area (Å²) in [5, 5.41) is 0.990. The van der Waals surface area contributed by atoms with Crippen LogP contribution in [0.3, 0.4) is 0 Å². The van der Waals surface area contributed by atoms with E-state index in [0.29, 0.717) is 0 Å². The molecule has 0 fully saturated rings. The number of allylic oxidation sites excluding steroid dienone is 2. The molecule has 1 aliphatic rings. The molecule has 3 rings (SSSR count). The van der Waals surface area contributed by atoms with E-state index in [9.17, 15) is 18.0 Å². The van der Waals surface area contributed by atoms with E-state index in [1.807, 2.05) is 44.2 Å². The Bertz CT molecular complexity index is 853. The molecule has 0 saturated heterocycles. The number of Topliss-reactive ketones (excluding diaryl/α,β-unsaturated/α-hetero) is 1. The van der Waals surface area contributed by atoms with Crippen molar-refractivity contribution in [2.24, 2.45) is 10.8 Å². The van der Waals surface area contributed by atoms with Gasteiger partial charge in [-0.1, -0.05) is 38.1 Å². The summed E-state index contributed by atoms with van der Waals surface area (Å²) in [5.41, 5.74) is -0.110. The average Bonchev–Trinajstić information content (AvgIpc) is 2.52. The van der Waals surface area contributed by atoms with Crippen LogP contribution in [-0.2, 0) is 4.79 Å². The van der Waals surface area contributed by atoms with Gasteiger partial charge in [0.15, 0.2) is 0 Å². The fourth-order valence-electron chi connectivity index (χ4n) is 4.01. The summed E-state index contributed by atoms with van der Waals surface area (Å²) in [6.45, 7) is 5.20. The fraction of sp³-hybridized carbons (Fsp3) is 0.400. The summed E-state index contributed by atoms with van der Waals surface area (Å²) in [6.07, 6.45) is 0.235. The molecular formula is C20H20F3NO. The van der Waals surface area contributed by atoms with Crippen LogP contribution in [0.1, 0.15) is 38.7 Å². The number of halogens is 3. The normalized spacial score (nSPS) is 25.9. The van der Waals surface area contributed by atoms with Gasteiger partial charge < -0.3 is 0 Å². The van der Waals surface area contributed by atoms with Gasteiger partial charge in [0, 0.05) is 17.5 Å². The lowest BCUT2D eigenvalue weighted by Crippen LogP contribution is -2.43. The molecule has 132 valence electrons. The van der Waals surface area contributed by atoms with E-state index in [2.05, 4.69) is 4.98 Å². The highest BCUT2D eigenvalue weighted by Gasteiger charge is 2.53. The van der Waals surface area contributed by atoms with Gasteiger partial charge in [-0.05, 0) is 42.5 Å². The number of rotatable bonds is 2. The zero-order valence-corrected chi connectivity index (χ0v) is 14.4. The average molecular weight is 347 g/mol. The molecule has 1 aromatic carbocycles. The van der Waals surface area contributed by atoms with E-state index < -0.39 is 22.8 Å². The number of ketones is 1. The van der Waals surface area contributed by atoms with Crippen LogP contribution in [0.4, 0.5) is 13.2 Å². The minimum absolute atomic E-state index is 0.0637. The predicted molar refractivity (Wildman–Crippen MR) is 91.2 cm³/mol. The lowest BCUT2D eigenvalue weighted by atomic mass is 9.60. The molecule has 2 atom stereocenters. The second-order valence-electron chi connectivity index (χ2n) is 7.70. The molecule has 1 aliphatic carbocycles. The number of benzene rings is 1. The number of hydrogen-bond acceptors (Lipinski definition) is 2. The van der Waals surface area contributed by atoms with Crippen molar-refractivity contribution in [1.82, 2.24) is 4.98 Å². The van der Waals surface area contributed by atoms with Gasteiger partial charge >= 0.3 is 6.18 Å². The number of fused-ring (bicyclic) bond motifs is 1. The van der Waals surface area contributed by atoms with E-state index >= 15 is 0 Å². The summed E-state index contributed by atoms with van der Waals surface area (Å²) in [6, 6.07) is 9.71. The van der Waals surface area contributed by atoms with Crippen LogP contribution in [0.5, 0.6) is 0 Å². The molecule has 0 radical (unpaired) electrons. The third kappa shape index (κ3) is 3.20. The molecule has 2 nitrogen and oxygen atoms in total. The minimum atomic E-state index is -4.82. The van der Waals surface area contributed by atoms with E-state index in [1.165, 1.54) is 13.0 Å². The summed E-state index contributed by atoms with van der Waals surface area (Å²) in [5.74, 6) is -1.74. The fourth-order valence-corrected chi connectivity index (χ4v) is 4.01. The van der Waals surface area contributed by atoms with Crippen molar-refractivity contribution in [2.75, 3.05) is 0 Å². The van der Waals surface area contributed by atoms with Gasteiger partial charge in [-0.3, -0.25) is 9.78 Å². The quantitative estimate of drug-likeness (QED) is 0.677. The Hall–Kier alpha value is -2.17. The summed E-state index contributed by atoms with van der Waals surface area (Å²) < 4.78 is 38.8. The van der Waals surface area contributed by atoms with Crippen LogP contribution in [-0.4, -0.2) is 16.9 Å². The van der Waals surface area contributed by atoms with Crippen molar-refractivity contribution in [3.05, 3.63) is 54.2 Å². The molecule has 5 heteroatoms. The molecule has 0 spiro atoms. The Labute approximate surface area is 144 Å².